The van der Waals surface area contributed by atoms with Crippen LogP contribution in [-0.4, -0.2) is 35.2 Å². The number of carboxylic acids is 1. The van der Waals surface area contributed by atoms with E-state index in [-0.39, 0.29) is 32.1 Å². The number of carboxylic acid groups (broad SMARTS) is 1. The highest BCUT2D eigenvalue weighted by Crippen LogP contribution is 2.31. The summed E-state index contributed by atoms with van der Waals surface area (Å²) >= 11 is 13.7. The van der Waals surface area contributed by atoms with E-state index in [1.54, 1.807) is 23.6 Å². The molecule has 0 radical (unpaired) electrons. The fourth-order valence-electron chi connectivity index (χ4n) is 3.87. The number of nitrogens with zero attached hydrogens (tertiary/aromatic N) is 1. The summed E-state index contributed by atoms with van der Waals surface area (Å²) in [5.74, 6) is -1.39. The van der Waals surface area contributed by atoms with Gasteiger partial charge in [-0.2, -0.15) is 0 Å². The van der Waals surface area contributed by atoms with E-state index < -0.39 is 11.9 Å². The second-order valence-electron chi connectivity index (χ2n) is 9.12. The van der Waals surface area contributed by atoms with Gasteiger partial charge in [-0.3, -0.25) is 10.1 Å². The van der Waals surface area contributed by atoms with E-state index >= 15 is 4.39 Å². The Morgan fingerprint density at radius 1 is 1.21 bits per heavy atom. The van der Waals surface area contributed by atoms with Crippen molar-refractivity contribution in [3.05, 3.63) is 73.8 Å². The van der Waals surface area contributed by atoms with E-state index in [0.29, 0.717) is 47.8 Å². The highest BCUT2D eigenvalue weighted by Gasteiger charge is 2.17. The molecular weight excluding hydrogens is 562 g/mol. The van der Waals surface area contributed by atoms with Crippen molar-refractivity contribution in [3.63, 3.8) is 0 Å². The number of carbonyl (C=O) groups is 2. The minimum absolute atomic E-state index is 0.0491. The SMILES string of the molecule is CCC(CC)COCCCc1cccc(-c2csc(NC(=O)c3cc(Cl)c(/C=C(\C)C(=O)O)c(Cl)c3)n2)c1F. The van der Waals surface area contributed by atoms with Gasteiger partial charge >= 0.3 is 5.97 Å². The van der Waals surface area contributed by atoms with Gasteiger partial charge in [0.2, 0.25) is 0 Å². The highest BCUT2D eigenvalue weighted by atomic mass is 35.5. The molecule has 0 bridgehead atoms. The van der Waals surface area contributed by atoms with Gasteiger partial charge in [0, 0.05) is 40.9 Å². The summed E-state index contributed by atoms with van der Waals surface area (Å²) in [4.78, 5) is 28.3. The number of amides is 1. The first-order chi connectivity index (χ1) is 18.6. The first-order valence-corrected chi connectivity index (χ1v) is 14.3. The lowest BCUT2D eigenvalue weighted by atomic mass is 10.0. The summed E-state index contributed by atoms with van der Waals surface area (Å²) < 4.78 is 21.0. The van der Waals surface area contributed by atoms with Crippen LogP contribution in [0.5, 0.6) is 0 Å². The van der Waals surface area contributed by atoms with Crippen LogP contribution in [0.25, 0.3) is 17.3 Å². The van der Waals surface area contributed by atoms with E-state index in [0.717, 1.165) is 19.4 Å². The van der Waals surface area contributed by atoms with Crippen LogP contribution in [0.1, 0.15) is 61.5 Å². The third-order valence-corrected chi connectivity index (χ3v) is 7.74. The van der Waals surface area contributed by atoms with Crippen molar-refractivity contribution < 1.29 is 23.8 Å². The van der Waals surface area contributed by atoms with E-state index in [1.165, 1.54) is 36.5 Å². The van der Waals surface area contributed by atoms with Crippen molar-refractivity contribution in [3.8, 4) is 11.3 Å². The van der Waals surface area contributed by atoms with Crippen LogP contribution in [0.3, 0.4) is 0 Å². The number of nitrogens with one attached hydrogen (secondary N) is 1. The third kappa shape index (κ3) is 8.35. The Labute approximate surface area is 241 Å². The summed E-state index contributed by atoms with van der Waals surface area (Å²) in [6.07, 6.45) is 4.78. The van der Waals surface area contributed by atoms with Crippen molar-refractivity contribution in [2.45, 2.75) is 46.5 Å². The van der Waals surface area contributed by atoms with Gasteiger partial charge in [-0.15, -0.1) is 11.3 Å². The van der Waals surface area contributed by atoms with Crippen LogP contribution < -0.4 is 5.32 Å². The number of aliphatic carboxylic acids is 1. The van der Waals surface area contributed by atoms with E-state index in [4.69, 9.17) is 33.0 Å². The first-order valence-electron chi connectivity index (χ1n) is 12.7. The Bertz CT molecular complexity index is 1330. The quantitative estimate of drug-likeness (QED) is 0.154. The van der Waals surface area contributed by atoms with Gasteiger partial charge in [0.15, 0.2) is 5.13 Å². The number of hydrogen-bond acceptors (Lipinski definition) is 5. The molecule has 1 aromatic heterocycles. The number of ether oxygens (including phenoxy) is 1. The number of thiazole rings is 1. The van der Waals surface area contributed by atoms with E-state index in [2.05, 4.69) is 24.1 Å². The fourth-order valence-corrected chi connectivity index (χ4v) is 5.17. The Kier molecular flexibility index (Phi) is 11.5. The van der Waals surface area contributed by atoms with Gasteiger partial charge in [-0.1, -0.05) is 62.0 Å². The van der Waals surface area contributed by atoms with Crippen LogP contribution in [0.4, 0.5) is 9.52 Å². The molecule has 0 aliphatic rings. The Morgan fingerprint density at radius 3 is 2.54 bits per heavy atom. The summed E-state index contributed by atoms with van der Waals surface area (Å²) in [5.41, 5.74) is 1.89. The van der Waals surface area contributed by atoms with E-state index in [1.807, 2.05) is 0 Å². The number of hydrogen-bond donors (Lipinski definition) is 2. The molecule has 3 aromatic rings. The number of aryl methyl sites for hydroxylation is 1. The van der Waals surface area contributed by atoms with Crippen molar-refractivity contribution in [2.75, 3.05) is 18.5 Å². The molecule has 0 aliphatic heterocycles. The molecule has 0 saturated heterocycles. The monoisotopic (exact) mass is 592 g/mol. The van der Waals surface area contributed by atoms with Crippen LogP contribution in [-0.2, 0) is 16.0 Å². The minimum Gasteiger partial charge on any atom is -0.478 e. The van der Waals surface area contributed by atoms with Crippen molar-refractivity contribution in [1.82, 2.24) is 4.98 Å². The third-order valence-electron chi connectivity index (χ3n) is 6.36. The van der Waals surface area contributed by atoms with Crippen LogP contribution >= 0.6 is 34.5 Å². The maximum absolute atomic E-state index is 15.3. The molecule has 6 nitrogen and oxygen atoms in total. The molecule has 0 aliphatic carbocycles. The van der Waals surface area contributed by atoms with Crippen molar-refractivity contribution in [1.29, 1.82) is 0 Å². The second-order valence-corrected chi connectivity index (χ2v) is 10.8. The van der Waals surface area contributed by atoms with Gasteiger partial charge in [0.1, 0.15) is 5.82 Å². The summed E-state index contributed by atoms with van der Waals surface area (Å²) in [7, 11) is 0. The van der Waals surface area contributed by atoms with Gasteiger partial charge in [0.25, 0.3) is 5.91 Å². The zero-order chi connectivity index (χ0) is 28.5. The predicted molar refractivity (Wildman–Crippen MR) is 156 cm³/mol. The predicted octanol–water partition coefficient (Wildman–Crippen LogP) is 8.38. The molecule has 1 heterocycles. The molecule has 0 fully saturated rings. The number of carbonyl (C=O) groups excluding carboxylic acids is 1. The van der Waals surface area contributed by atoms with Crippen LogP contribution in [0, 0.1) is 11.7 Å². The molecule has 0 unspecified atom stereocenters. The Balaban J connectivity index is 1.67. The molecule has 39 heavy (non-hydrogen) atoms. The Morgan fingerprint density at radius 2 is 1.90 bits per heavy atom. The number of anilines is 1. The van der Waals surface area contributed by atoms with Crippen LogP contribution in [0.2, 0.25) is 10.0 Å². The zero-order valence-electron chi connectivity index (χ0n) is 22.0. The lowest BCUT2D eigenvalue weighted by Gasteiger charge is -2.12. The van der Waals surface area contributed by atoms with Gasteiger partial charge < -0.3 is 9.84 Å². The lowest BCUT2D eigenvalue weighted by molar-refractivity contribution is -0.132. The largest absolute Gasteiger partial charge is 0.478 e. The number of benzene rings is 2. The number of halogens is 3. The molecule has 3 rings (SSSR count). The smallest absolute Gasteiger partial charge is 0.331 e. The van der Waals surface area contributed by atoms with Crippen molar-refractivity contribution in [2.24, 2.45) is 5.92 Å². The van der Waals surface area contributed by atoms with Gasteiger partial charge in [0.05, 0.1) is 15.7 Å². The molecule has 0 saturated carbocycles. The minimum atomic E-state index is -1.10. The molecule has 1 amide bonds. The van der Waals surface area contributed by atoms with Crippen molar-refractivity contribution >= 4 is 57.6 Å². The number of rotatable bonds is 13. The molecule has 10 heteroatoms. The molecule has 2 N–H and O–H groups in total. The molecule has 0 spiro atoms. The highest BCUT2D eigenvalue weighted by molar-refractivity contribution is 7.14. The molecular formula is C29H31Cl2FN2O4S. The average Bonchev–Trinajstić information content (AvgIpc) is 3.36. The van der Waals surface area contributed by atoms with E-state index in [9.17, 15) is 9.59 Å². The van der Waals surface area contributed by atoms with Crippen LogP contribution in [0.15, 0.2) is 41.3 Å². The molecule has 2 aromatic carbocycles. The van der Waals surface area contributed by atoms with Gasteiger partial charge in [-0.05, 0) is 55.5 Å². The fraction of sp³-hybridized carbons (Fsp3) is 0.345. The molecule has 0 atom stereocenters. The molecule has 208 valence electrons. The van der Waals surface area contributed by atoms with Gasteiger partial charge in [-0.25, -0.2) is 14.2 Å². The normalized spacial score (nSPS) is 11.7. The Hall–Kier alpha value is -2.78. The topological polar surface area (TPSA) is 88.5 Å². The summed E-state index contributed by atoms with van der Waals surface area (Å²) in [6.45, 7) is 7.03. The maximum atomic E-state index is 15.3. The summed E-state index contributed by atoms with van der Waals surface area (Å²) in [6, 6.07) is 8.01. The number of aromatic nitrogens is 1. The zero-order valence-corrected chi connectivity index (χ0v) is 24.4. The summed E-state index contributed by atoms with van der Waals surface area (Å²) in [5, 5.41) is 14.0. The maximum Gasteiger partial charge on any atom is 0.331 e. The standard InChI is InChI=1S/C29H31Cl2FN2O4S/c1-4-18(5-2)15-38-11-7-9-19-8-6-10-21(26(19)32)25-16-39-29(33-25)34-27(35)20-13-23(30)22(24(31)14-20)12-17(3)28(36)37/h6,8,10,12-14,16,18H,4-5,7,9,11,15H2,1-3H3,(H,36,37)(H,33,34,35)/b17-12+. The second kappa shape index (κ2) is 14.6. The lowest BCUT2D eigenvalue weighted by Crippen LogP contribution is -2.12. The average molecular weight is 594 g/mol. The first kappa shape index (κ1) is 30.8.